The number of hydrogen-bond donors (Lipinski definition) is 0. The maximum Gasteiger partial charge on any atom is 0.0328 e. The van der Waals surface area contributed by atoms with E-state index in [2.05, 4.69) is 72.2 Å². The van der Waals surface area contributed by atoms with Crippen LogP contribution >= 0.6 is 0 Å². The number of benzene rings is 1. The smallest absolute Gasteiger partial charge is 0.0328 e. The first kappa shape index (κ1) is 16.8. The Morgan fingerprint density at radius 2 is 1.92 bits per heavy atom. The molecule has 1 atom stereocenters. The van der Waals surface area contributed by atoms with Crippen LogP contribution in [0.15, 0.2) is 78.6 Å². The van der Waals surface area contributed by atoms with Crippen molar-refractivity contribution < 1.29 is 0 Å². The standard InChI is InChI=1S/C23H29N/c1-20(23-14-8-3-2-4-9-15-23)24-17-10-13-22(16-18-24)19-21-11-6-5-7-12-21/h3-9,11-12,14,22H,1-2,10,13,15-19H2/b8-3?,9-4-,23-14+. The lowest BCUT2D eigenvalue weighted by atomic mass is 9.93. The predicted octanol–water partition coefficient (Wildman–Crippen LogP) is 5.68. The molecule has 1 aromatic carbocycles. The first-order valence-corrected chi connectivity index (χ1v) is 9.32. The molecule has 2 aliphatic rings. The molecule has 0 spiro atoms. The Labute approximate surface area is 147 Å². The van der Waals surface area contributed by atoms with Crippen LogP contribution in [0.1, 0.15) is 37.7 Å². The Bertz CT molecular complexity index is 621. The molecule has 1 heterocycles. The van der Waals surface area contributed by atoms with E-state index in [1.54, 1.807) is 0 Å². The van der Waals surface area contributed by atoms with Crippen molar-refractivity contribution >= 4 is 0 Å². The van der Waals surface area contributed by atoms with E-state index in [-0.39, 0.29) is 0 Å². The van der Waals surface area contributed by atoms with Crippen LogP contribution in [0.5, 0.6) is 0 Å². The van der Waals surface area contributed by atoms with E-state index in [9.17, 15) is 0 Å². The first-order valence-electron chi connectivity index (χ1n) is 9.32. The number of allylic oxidation sites excluding steroid dienone is 6. The number of nitrogens with zero attached hydrogens (tertiary/aromatic N) is 1. The molecule has 1 saturated heterocycles. The fraction of sp³-hybridized carbons (Fsp3) is 0.391. The van der Waals surface area contributed by atoms with Gasteiger partial charge in [-0.25, -0.2) is 0 Å². The number of rotatable bonds is 4. The van der Waals surface area contributed by atoms with E-state index in [1.807, 2.05) is 0 Å². The maximum atomic E-state index is 4.41. The van der Waals surface area contributed by atoms with Crippen LogP contribution in [0.2, 0.25) is 0 Å². The van der Waals surface area contributed by atoms with Gasteiger partial charge in [-0.1, -0.05) is 67.3 Å². The lowest BCUT2D eigenvalue weighted by Crippen LogP contribution is -2.24. The molecule has 126 valence electrons. The molecular weight excluding hydrogens is 290 g/mol. The van der Waals surface area contributed by atoms with Gasteiger partial charge in [-0.15, -0.1) is 0 Å². The average molecular weight is 319 g/mol. The molecule has 24 heavy (non-hydrogen) atoms. The molecule has 0 bridgehead atoms. The minimum atomic E-state index is 0.802. The highest BCUT2D eigenvalue weighted by molar-refractivity contribution is 5.34. The SMILES string of the molecule is C=C(/C1=C/C=CC/C=C\C1)N1CCCC(Cc2ccccc2)CC1. The van der Waals surface area contributed by atoms with Crippen molar-refractivity contribution in [3.05, 3.63) is 84.1 Å². The van der Waals surface area contributed by atoms with E-state index in [1.165, 1.54) is 42.5 Å². The van der Waals surface area contributed by atoms with E-state index in [0.717, 1.165) is 31.8 Å². The summed E-state index contributed by atoms with van der Waals surface area (Å²) in [4.78, 5) is 2.51. The van der Waals surface area contributed by atoms with Crippen molar-refractivity contribution in [3.63, 3.8) is 0 Å². The Hall–Kier alpha value is -2.02. The second-order valence-electron chi connectivity index (χ2n) is 6.95. The van der Waals surface area contributed by atoms with Crippen LogP contribution in [0.25, 0.3) is 0 Å². The quantitative estimate of drug-likeness (QED) is 0.646. The van der Waals surface area contributed by atoms with Crippen LogP contribution in [-0.2, 0) is 6.42 Å². The van der Waals surface area contributed by atoms with Gasteiger partial charge in [0.05, 0.1) is 0 Å². The summed E-state index contributed by atoms with van der Waals surface area (Å²) in [5, 5.41) is 0. The van der Waals surface area contributed by atoms with Gasteiger partial charge >= 0.3 is 0 Å². The Kier molecular flexibility index (Phi) is 6.12. The third-order valence-corrected chi connectivity index (χ3v) is 5.18. The van der Waals surface area contributed by atoms with Crippen LogP contribution in [-0.4, -0.2) is 18.0 Å². The summed E-state index contributed by atoms with van der Waals surface area (Å²) in [5.74, 6) is 0.802. The molecule has 0 aromatic heterocycles. The van der Waals surface area contributed by atoms with Crippen LogP contribution in [0, 0.1) is 5.92 Å². The highest BCUT2D eigenvalue weighted by Gasteiger charge is 2.19. The van der Waals surface area contributed by atoms with E-state index in [4.69, 9.17) is 0 Å². The van der Waals surface area contributed by atoms with Crippen molar-refractivity contribution in [3.8, 4) is 0 Å². The summed E-state index contributed by atoms with van der Waals surface area (Å²) < 4.78 is 0. The van der Waals surface area contributed by atoms with Crippen molar-refractivity contribution in [1.82, 2.24) is 4.90 Å². The normalized spacial score (nSPS) is 25.1. The lowest BCUT2D eigenvalue weighted by molar-refractivity contribution is 0.356. The van der Waals surface area contributed by atoms with Gasteiger partial charge in [-0.05, 0) is 55.6 Å². The van der Waals surface area contributed by atoms with Crippen LogP contribution < -0.4 is 0 Å². The second-order valence-corrected chi connectivity index (χ2v) is 6.95. The molecular formula is C23H29N. The number of hydrogen-bond acceptors (Lipinski definition) is 1. The first-order chi connectivity index (χ1) is 11.8. The summed E-state index contributed by atoms with van der Waals surface area (Å²) in [5.41, 5.74) is 4.07. The summed E-state index contributed by atoms with van der Waals surface area (Å²) >= 11 is 0. The minimum Gasteiger partial charge on any atom is -0.372 e. The summed E-state index contributed by atoms with van der Waals surface area (Å²) in [6.07, 6.45) is 18.3. The van der Waals surface area contributed by atoms with Gasteiger partial charge in [0.15, 0.2) is 0 Å². The van der Waals surface area contributed by atoms with Gasteiger partial charge in [0.1, 0.15) is 0 Å². The molecule has 1 heteroatoms. The van der Waals surface area contributed by atoms with E-state index >= 15 is 0 Å². The molecule has 1 unspecified atom stereocenters. The molecule has 0 N–H and O–H groups in total. The molecule has 0 amide bonds. The fourth-order valence-corrected chi connectivity index (χ4v) is 3.72. The fourth-order valence-electron chi connectivity index (χ4n) is 3.72. The highest BCUT2D eigenvalue weighted by Crippen LogP contribution is 2.26. The Morgan fingerprint density at radius 3 is 2.79 bits per heavy atom. The Morgan fingerprint density at radius 1 is 1.04 bits per heavy atom. The number of likely N-dealkylation sites (tertiary alicyclic amines) is 1. The zero-order valence-corrected chi connectivity index (χ0v) is 14.7. The molecule has 0 radical (unpaired) electrons. The highest BCUT2D eigenvalue weighted by atomic mass is 15.1. The average Bonchev–Trinajstić information content (AvgIpc) is 2.81. The monoisotopic (exact) mass is 319 g/mol. The molecule has 3 rings (SSSR count). The van der Waals surface area contributed by atoms with Crippen molar-refractivity contribution in [2.75, 3.05) is 13.1 Å². The zero-order valence-electron chi connectivity index (χ0n) is 14.7. The predicted molar refractivity (Wildman–Crippen MR) is 104 cm³/mol. The largest absolute Gasteiger partial charge is 0.372 e. The van der Waals surface area contributed by atoms with Gasteiger partial charge in [0, 0.05) is 18.8 Å². The van der Waals surface area contributed by atoms with Gasteiger partial charge in [-0.2, -0.15) is 0 Å². The molecule has 1 aliphatic carbocycles. The zero-order chi connectivity index (χ0) is 16.6. The van der Waals surface area contributed by atoms with Gasteiger partial charge < -0.3 is 4.90 Å². The van der Waals surface area contributed by atoms with E-state index < -0.39 is 0 Å². The third-order valence-electron chi connectivity index (χ3n) is 5.18. The van der Waals surface area contributed by atoms with Crippen LogP contribution in [0.3, 0.4) is 0 Å². The maximum absolute atomic E-state index is 4.41. The molecule has 1 aromatic rings. The molecule has 1 fully saturated rings. The summed E-state index contributed by atoms with van der Waals surface area (Å²) in [6, 6.07) is 10.9. The van der Waals surface area contributed by atoms with Gasteiger partial charge in [0.2, 0.25) is 0 Å². The summed E-state index contributed by atoms with van der Waals surface area (Å²) in [7, 11) is 0. The minimum absolute atomic E-state index is 0.802. The van der Waals surface area contributed by atoms with Crippen molar-refractivity contribution in [1.29, 1.82) is 0 Å². The summed E-state index contributed by atoms with van der Waals surface area (Å²) in [6.45, 7) is 6.70. The van der Waals surface area contributed by atoms with Crippen molar-refractivity contribution in [2.45, 2.75) is 38.5 Å². The molecule has 0 saturated carbocycles. The molecule has 1 nitrogen and oxygen atoms in total. The topological polar surface area (TPSA) is 3.24 Å². The second kappa shape index (κ2) is 8.73. The van der Waals surface area contributed by atoms with E-state index in [0.29, 0.717) is 0 Å². The van der Waals surface area contributed by atoms with Crippen LogP contribution in [0.4, 0.5) is 0 Å². The van der Waals surface area contributed by atoms with Crippen molar-refractivity contribution in [2.24, 2.45) is 5.92 Å². The third kappa shape index (κ3) is 4.74. The van der Waals surface area contributed by atoms with Gasteiger partial charge in [0.25, 0.3) is 0 Å². The van der Waals surface area contributed by atoms with Gasteiger partial charge in [-0.3, -0.25) is 0 Å². The lowest BCUT2D eigenvalue weighted by Gasteiger charge is -2.27. The Balaban J connectivity index is 1.58. The molecule has 1 aliphatic heterocycles.